The maximum atomic E-state index is 12.1. The molecule has 7 heteroatoms. The standard InChI is InChI=1S/C13H14BrN3O2S/c14-10-4-5-13(12(15)9-10)20(18,19)17-8-6-11-3-1-2-7-16-11/h1-5,7,9,17H,6,8,15H2. The van der Waals surface area contributed by atoms with Crippen LogP contribution in [-0.4, -0.2) is 19.9 Å². The van der Waals surface area contributed by atoms with Crippen LogP contribution in [0, 0.1) is 0 Å². The first-order chi connectivity index (χ1) is 9.49. The first-order valence-corrected chi connectivity index (χ1v) is 8.21. The van der Waals surface area contributed by atoms with Gasteiger partial charge in [0.15, 0.2) is 0 Å². The summed E-state index contributed by atoms with van der Waals surface area (Å²) in [5.41, 5.74) is 6.77. The van der Waals surface area contributed by atoms with Crippen LogP contribution in [-0.2, 0) is 16.4 Å². The molecule has 0 saturated carbocycles. The Kier molecular flexibility index (Phi) is 4.74. The molecule has 0 spiro atoms. The minimum atomic E-state index is -3.60. The number of halogens is 1. The zero-order valence-corrected chi connectivity index (χ0v) is 13.0. The number of nitrogens with zero attached hydrogens (tertiary/aromatic N) is 1. The van der Waals surface area contributed by atoms with E-state index in [9.17, 15) is 8.42 Å². The highest BCUT2D eigenvalue weighted by atomic mass is 79.9. The molecule has 3 N–H and O–H groups in total. The number of anilines is 1. The van der Waals surface area contributed by atoms with Crippen molar-refractivity contribution in [1.82, 2.24) is 9.71 Å². The fourth-order valence-corrected chi connectivity index (χ4v) is 3.22. The van der Waals surface area contributed by atoms with E-state index < -0.39 is 10.0 Å². The van der Waals surface area contributed by atoms with Gasteiger partial charge in [-0.15, -0.1) is 0 Å². The third-order valence-electron chi connectivity index (χ3n) is 2.66. The Morgan fingerprint density at radius 2 is 2.05 bits per heavy atom. The fraction of sp³-hybridized carbons (Fsp3) is 0.154. The number of benzene rings is 1. The average molecular weight is 356 g/mol. The number of aromatic nitrogens is 1. The number of nitrogens with one attached hydrogen (secondary N) is 1. The molecule has 0 radical (unpaired) electrons. The second-order valence-corrected chi connectivity index (χ2v) is 6.80. The third-order valence-corrected chi connectivity index (χ3v) is 4.69. The van der Waals surface area contributed by atoms with E-state index in [1.165, 1.54) is 6.07 Å². The molecule has 0 bridgehead atoms. The average Bonchev–Trinajstić information content (AvgIpc) is 2.39. The fourth-order valence-electron chi connectivity index (χ4n) is 1.70. The smallest absolute Gasteiger partial charge is 0.242 e. The van der Waals surface area contributed by atoms with Gasteiger partial charge in [0.25, 0.3) is 0 Å². The van der Waals surface area contributed by atoms with E-state index >= 15 is 0 Å². The molecule has 2 rings (SSSR count). The summed E-state index contributed by atoms with van der Waals surface area (Å²) < 4.78 is 27.5. The summed E-state index contributed by atoms with van der Waals surface area (Å²) in [7, 11) is -3.60. The molecular weight excluding hydrogens is 342 g/mol. The number of sulfonamides is 1. The van der Waals surface area contributed by atoms with Gasteiger partial charge in [0.2, 0.25) is 10.0 Å². The van der Waals surface area contributed by atoms with E-state index in [-0.39, 0.29) is 17.1 Å². The van der Waals surface area contributed by atoms with Gasteiger partial charge < -0.3 is 5.73 Å². The Labute approximate surface area is 126 Å². The van der Waals surface area contributed by atoms with Gasteiger partial charge >= 0.3 is 0 Å². The molecule has 2 aromatic rings. The molecule has 0 unspecified atom stereocenters. The second kappa shape index (κ2) is 6.34. The Morgan fingerprint density at radius 3 is 2.70 bits per heavy atom. The summed E-state index contributed by atoms with van der Waals surface area (Å²) in [5.74, 6) is 0. The summed E-state index contributed by atoms with van der Waals surface area (Å²) in [6.45, 7) is 0.273. The normalized spacial score (nSPS) is 11.4. The number of pyridine rings is 1. The van der Waals surface area contributed by atoms with E-state index in [2.05, 4.69) is 25.6 Å². The van der Waals surface area contributed by atoms with Crippen molar-refractivity contribution in [2.45, 2.75) is 11.3 Å². The Bertz CT molecular complexity index is 690. The SMILES string of the molecule is Nc1cc(Br)ccc1S(=O)(=O)NCCc1ccccn1. The Hall–Kier alpha value is -1.44. The lowest BCUT2D eigenvalue weighted by molar-refractivity contribution is 0.581. The van der Waals surface area contributed by atoms with Crippen LogP contribution in [0.2, 0.25) is 0 Å². The van der Waals surface area contributed by atoms with Crippen LogP contribution in [0.4, 0.5) is 5.69 Å². The zero-order chi connectivity index (χ0) is 14.6. The molecule has 0 fully saturated rings. The largest absolute Gasteiger partial charge is 0.398 e. The van der Waals surface area contributed by atoms with Crippen molar-refractivity contribution in [2.75, 3.05) is 12.3 Å². The monoisotopic (exact) mass is 355 g/mol. The van der Waals surface area contributed by atoms with Crippen LogP contribution in [0.3, 0.4) is 0 Å². The van der Waals surface area contributed by atoms with Crippen molar-refractivity contribution in [3.63, 3.8) is 0 Å². The van der Waals surface area contributed by atoms with Gasteiger partial charge in [0, 0.05) is 29.3 Å². The molecule has 0 aliphatic carbocycles. The summed E-state index contributed by atoms with van der Waals surface area (Å²) >= 11 is 3.24. The lowest BCUT2D eigenvalue weighted by atomic mass is 10.3. The van der Waals surface area contributed by atoms with Crippen molar-refractivity contribution in [3.05, 3.63) is 52.8 Å². The predicted molar refractivity (Wildman–Crippen MR) is 81.7 cm³/mol. The lowest BCUT2D eigenvalue weighted by Gasteiger charge is -2.09. The zero-order valence-electron chi connectivity index (χ0n) is 10.6. The topological polar surface area (TPSA) is 85.1 Å². The van der Waals surface area contributed by atoms with Crippen molar-refractivity contribution in [1.29, 1.82) is 0 Å². The predicted octanol–water partition coefficient (Wildman–Crippen LogP) is 1.95. The van der Waals surface area contributed by atoms with Crippen LogP contribution in [0.1, 0.15) is 5.69 Å². The van der Waals surface area contributed by atoms with Crippen LogP contribution in [0.5, 0.6) is 0 Å². The molecule has 0 aliphatic rings. The van der Waals surface area contributed by atoms with Gasteiger partial charge in [-0.25, -0.2) is 13.1 Å². The van der Waals surface area contributed by atoms with Gasteiger partial charge in [-0.05, 0) is 30.3 Å². The minimum absolute atomic E-state index is 0.0849. The first-order valence-electron chi connectivity index (χ1n) is 5.93. The van der Waals surface area contributed by atoms with E-state index in [0.717, 1.165) is 10.2 Å². The summed E-state index contributed by atoms with van der Waals surface area (Å²) in [4.78, 5) is 4.22. The molecule has 1 aromatic heterocycles. The number of hydrogen-bond acceptors (Lipinski definition) is 4. The van der Waals surface area contributed by atoms with Crippen molar-refractivity contribution < 1.29 is 8.42 Å². The molecule has 1 heterocycles. The number of nitrogens with two attached hydrogens (primary N) is 1. The lowest BCUT2D eigenvalue weighted by Crippen LogP contribution is -2.26. The molecule has 0 saturated heterocycles. The Morgan fingerprint density at radius 1 is 1.25 bits per heavy atom. The van der Waals surface area contributed by atoms with E-state index in [0.29, 0.717) is 6.42 Å². The minimum Gasteiger partial charge on any atom is -0.398 e. The van der Waals surface area contributed by atoms with Crippen molar-refractivity contribution in [3.8, 4) is 0 Å². The number of nitrogen functional groups attached to an aromatic ring is 1. The van der Waals surface area contributed by atoms with Crippen LogP contribution in [0.15, 0.2) is 52.0 Å². The molecule has 0 amide bonds. The summed E-state index contributed by atoms with van der Waals surface area (Å²) in [6.07, 6.45) is 2.20. The third kappa shape index (κ3) is 3.78. The maximum Gasteiger partial charge on any atom is 0.242 e. The van der Waals surface area contributed by atoms with Gasteiger partial charge in [-0.3, -0.25) is 4.98 Å². The molecule has 20 heavy (non-hydrogen) atoms. The molecule has 5 nitrogen and oxygen atoms in total. The van der Waals surface area contributed by atoms with Crippen LogP contribution >= 0.6 is 15.9 Å². The van der Waals surface area contributed by atoms with Gasteiger partial charge in [0.1, 0.15) is 4.90 Å². The Balaban J connectivity index is 2.04. The van der Waals surface area contributed by atoms with Crippen molar-refractivity contribution >= 4 is 31.6 Å². The second-order valence-electron chi connectivity index (χ2n) is 4.15. The molecule has 0 aliphatic heterocycles. The van der Waals surface area contributed by atoms with Crippen LogP contribution < -0.4 is 10.5 Å². The van der Waals surface area contributed by atoms with E-state index in [1.807, 2.05) is 18.2 Å². The first kappa shape index (κ1) is 15.0. The maximum absolute atomic E-state index is 12.1. The molecule has 1 aromatic carbocycles. The summed E-state index contributed by atoms with van der Waals surface area (Å²) in [5, 5.41) is 0. The van der Waals surface area contributed by atoms with Crippen molar-refractivity contribution in [2.24, 2.45) is 0 Å². The molecule has 0 atom stereocenters. The molecular formula is C13H14BrN3O2S. The van der Waals surface area contributed by atoms with E-state index in [1.54, 1.807) is 18.3 Å². The number of rotatable bonds is 5. The quantitative estimate of drug-likeness (QED) is 0.802. The molecule has 106 valence electrons. The summed E-state index contributed by atoms with van der Waals surface area (Å²) in [6, 6.07) is 10.2. The highest BCUT2D eigenvalue weighted by molar-refractivity contribution is 9.10. The highest BCUT2D eigenvalue weighted by Crippen LogP contribution is 2.22. The van der Waals surface area contributed by atoms with E-state index in [4.69, 9.17) is 5.73 Å². The number of hydrogen-bond donors (Lipinski definition) is 2. The van der Waals surface area contributed by atoms with Crippen LogP contribution in [0.25, 0.3) is 0 Å². The van der Waals surface area contributed by atoms with Gasteiger partial charge in [-0.1, -0.05) is 22.0 Å². The highest BCUT2D eigenvalue weighted by Gasteiger charge is 2.16. The van der Waals surface area contributed by atoms with Gasteiger partial charge in [-0.2, -0.15) is 0 Å². The van der Waals surface area contributed by atoms with Gasteiger partial charge in [0.05, 0.1) is 5.69 Å².